The van der Waals surface area contributed by atoms with Crippen molar-refractivity contribution < 1.29 is 14.3 Å². The van der Waals surface area contributed by atoms with Crippen molar-refractivity contribution >= 4 is 34.8 Å². The fourth-order valence-electron chi connectivity index (χ4n) is 3.29. The summed E-state index contributed by atoms with van der Waals surface area (Å²) >= 11 is 6.02. The van der Waals surface area contributed by atoms with Crippen molar-refractivity contribution in [1.29, 1.82) is 0 Å². The molecule has 2 amide bonds. The van der Waals surface area contributed by atoms with E-state index < -0.39 is 0 Å². The van der Waals surface area contributed by atoms with Crippen LogP contribution in [0, 0.1) is 0 Å². The zero-order valence-electron chi connectivity index (χ0n) is 16.5. The third-order valence-electron chi connectivity index (χ3n) is 4.83. The maximum Gasteiger partial charge on any atom is 0.330 e. The second kappa shape index (κ2) is 8.08. The van der Waals surface area contributed by atoms with Gasteiger partial charge in [-0.2, -0.15) is 4.98 Å². The molecule has 154 valence electrons. The first-order valence-electron chi connectivity index (χ1n) is 9.16. The molecule has 0 atom stereocenters. The van der Waals surface area contributed by atoms with Crippen molar-refractivity contribution in [3.05, 3.63) is 65.1 Å². The third kappa shape index (κ3) is 3.81. The highest BCUT2D eigenvalue weighted by atomic mass is 35.5. The molecule has 4 rings (SSSR count). The Kier molecular flexibility index (Phi) is 5.33. The van der Waals surface area contributed by atoms with E-state index in [-0.39, 0.29) is 11.3 Å². The zero-order chi connectivity index (χ0) is 21.3. The van der Waals surface area contributed by atoms with Crippen LogP contribution in [0.3, 0.4) is 0 Å². The fourth-order valence-corrected chi connectivity index (χ4v) is 3.42. The van der Waals surface area contributed by atoms with Gasteiger partial charge in [-0.3, -0.25) is 9.80 Å². The van der Waals surface area contributed by atoms with E-state index in [9.17, 15) is 4.79 Å². The van der Waals surface area contributed by atoms with Gasteiger partial charge in [0.05, 0.1) is 33.0 Å². The van der Waals surface area contributed by atoms with Crippen LogP contribution in [0.4, 0.5) is 22.0 Å². The SMILES string of the molecule is COc1cc(OC)cc(N2Cc3cnc(Cl)nc3N(Cc3ccc(N)cc3)C2=O)c1. The number of hydrogen-bond acceptors (Lipinski definition) is 6. The number of methoxy groups -OCH3 is 2. The summed E-state index contributed by atoms with van der Waals surface area (Å²) in [5.74, 6) is 1.66. The molecule has 1 aliphatic rings. The number of anilines is 3. The Bertz CT molecular complexity index is 1070. The van der Waals surface area contributed by atoms with Crippen LogP contribution in [0.25, 0.3) is 0 Å². The summed E-state index contributed by atoms with van der Waals surface area (Å²) in [6.45, 7) is 0.594. The van der Waals surface area contributed by atoms with Crippen LogP contribution in [0.15, 0.2) is 48.7 Å². The molecule has 0 fully saturated rings. The Morgan fingerprint density at radius 3 is 2.40 bits per heavy atom. The topological polar surface area (TPSA) is 93.8 Å². The summed E-state index contributed by atoms with van der Waals surface area (Å²) in [5.41, 5.74) is 8.76. The lowest BCUT2D eigenvalue weighted by Gasteiger charge is -2.36. The van der Waals surface area contributed by atoms with Crippen LogP contribution < -0.4 is 25.0 Å². The Morgan fingerprint density at radius 1 is 1.10 bits per heavy atom. The van der Waals surface area contributed by atoms with Gasteiger partial charge in [-0.15, -0.1) is 0 Å². The van der Waals surface area contributed by atoms with Gasteiger partial charge in [0.25, 0.3) is 0 Å². The second-order valence-electron chi connectivity index (χ2n) is 6.76. The number of carbonyl (C=O) groups is 1. The predicted molar refractivity (Wildman–Crippen MR) is 115 cm³/mol. The van der Waals surface area contributed by atoms with E-state index >= 15 is 0 Å². The van der Waals surface area contributed by atoms with Gasteiger partial charge in [-0.25, -0.2) is 9.78 Å². The van der Waals surface area contributed by atoms with Crippen LogP contribution in [0.5, 0.6) is 11.5 Å². The largest absolute Gasteiger partial charge is 0.497 e. The Hall–Kier alpha value is -3.52. The van der Waals surface area contributed by atoms with E-state index in [1.54, 1.807) is 60.5 Å². The standard InChI is InChI=1S/C21H20ClN5O3/c1-29-17-7-16(8-18(9-17)30-2)26-12-14-10-24-20(22)25-19(14)27(21(26)28)11-13-3-5-15(23)6-4-13/h3-10H,11-12,23H2,1-2H3. The Balaban J connectivity index is 1.77. The molecular weight excluding hydrogens is 406 g/mol. The fraction of sp³-hybridized carbons (Fsp3) is 0.190. The molecule has 9 heteroatoms. The van der Waals surface area contributed by atoms with E-state index in [4.69, 9.17) is 26.8 Å². The van der Waals surface area contributed by atoms with Gasteiger partial charge in [0.2, 0.25) is 5.28 Å². The minimum Gasteiger partial charge on any atom is -0.497 e. The van der Waals surface area contributed by atoms with Crippen LogP contribution in [0.1, 0.15) is 11.1 Å². The van der Waals surface area contributed by atoms with Crippen molar-refractivity contribution in [3.63, 3.8) is 0 Å². The third-order valence-corrected chi connectivity index (χ3v) is 5.01. The number of benzene rings is 2. The Morgan fingerprint density at radius 2 is 1.77 bits per heavy atom. The van der Waals surface area contributed by atoms with Crippen molar-refractivity contribution in [2.45, 2.75) is 13.1 Å². The van der Waals surface area contributed by atoms with Crippen molar-refractivity contribution in [3.8, 4) is 11.5 Å². The number of hydrogen-bond donors (Lipinski definition) is 1. The van der Waals surface area contributed by atoms with Crippen LogP contribution in [-0.2, 0) is 13.1 Å². The number of nitrogens with zero attached hydrogens (tertiary/aromatic N) is 4. The molecule has 2 heterocycles. The van der Waals surface area contributed by atoms with Crippen molar-refractivity contribution in [1.82, 2.24) is 9.97 Å². The number of carbonyl (C=O) groups excluding carboxylic acids is 1. The second-order valence-corrected chi connectivity index (χ2v) is 7.09. The summed E-state index contributed by atoms with van der Waals surface area (Å²) in [6, 6.07) is 12.4. The average Bonchev–Trinajstić information content (AvgIpc) is 2.76. The lowest BCUT2D eigenvalue weighted by atomic mass is 10.1. The number of fused-ring (bicyclic) bond motifs is 1. The molecule has 30 heavy (non-hydrogen) atoms. The van der Waals surface area contributed by atoms with Crippen LogP contribution in [-0.4, -0.2) is 30.2 Å². The minimum atomic E-state index is -0.246. The number of aromatic nitrogens is 2. The van der Waals surface area contributed by atoms with Gasteiger partial charge < -0.3 is 15.2 Å². The molecule has 0 bridgehead atoms. The molecule has 0 aliphatic carbocycles. The van der Waals surface area contributed by atoms with E-state index in [0.717, 1.165) is 11.1 Å². The smallest absolute Gasteiger partial charge is 0.330 e. The quantitative estimate of drug-likeness (QED) is 0.492. The highest BCUT2D eigenvalue weighted by Crippen LogP contribution is 2.35. The lowest BCUT2D eigenvalue weighted by Crippen LogP contribution is -2.47. The first-order chi connectivity index (χ1) is 14.5. The van der Waals surface area contributed by atoms with Crippen LogP contribution in [0.2, 0.25) is 5.28 Å². The molecule has 1 aliphatic heterocycles. The molecular formula is C21H20ClN5O3. The number of rotatable bonds is 5. The first kappa shape index (κ1) is 19.8. The number of urea groups is 1. The van der Waals surface area contributed by atoms with E-state index in [1.807, 2.05) is 12.1 Å². The van der Waals surface area contributed by atoms with E-state index in [2.05, 4.69) is 9.97 Å². The minimum absolute atomic E-state index is 0.0837. The normalized spacial score (nSPS) is 13.2. The molecule has 2 aromatic carbocycles. The number of nitrogen functional groups attached to an aromatic ring is 1. The van der Waals surface area contributed by atoms with Gasteiger partial charge in [0, 0.05) is 35.6 Å². The monoisotopic (exact) mass is 425 g/mol. The van der Waals surface area contributed by atoms with Gasteiger partial charge in [0.15, 0.2) is 0 Å². The average molecular weight is 426 g/mol. The summed E-state index contributed by atoms with van der Waals surface area (Å²) in [5, 5.41) is 0.0837. The number of nitrogens with two attached hydrogens (primary N) is 1. The molecule has 1 aromatic heterocycles. The number of halogens is 1. The summed E-state index contributed by atoms with van der Waals surface area (Å²) in [7, 11) is 3.13. The van der Waals surface area contributed by atoms with Gasteiger partial charge in [-0.05, 0) is 29.3 Å². The highest BCUT2D eigenvalue weighted by Gasteiger charge is 2.33. The van der Waals surface area contributed by atoms with Gasteiger partial charge >= 0.3 is 6.03 Å². The maximum atomic E-state index is 13.5. The summed E-state index contributed by atoms with van der Waals surface area (Å²) < 4.78 is 10.7. The van der Waals surface area contributed by atoms with Crippen LogP contribution >= 0.6 is 11.6 Å². The molecule has 2 N–H and O–H groups in total. The summed E-state index contributed by atoms with van der Waals surface area (Å²) in [4.78, 5) is 25.1. The lowest BCUT2D eigenvalue weighted by molar-refractivity contribution is 0.249. The zero-order valence-corrected chi connectivity index (χ0v) is 17.3. The molecule has 0 unspecified atom stereocenters. The number of amides is 2. The number of ether oxygens (including phenoxy) is 2. The Labute approximate surface area is 178 Å². The molecule has 0 radical (unpaired) electrons. The molecule has 0 saturated heterocycles. The van der Waals surface area contributed by atoms with Gasteiger partial charge in [-0.1, -0.05) is 12.1 Å². The van der Waals surface area contributed by atoms with E-state index in [1.165, 1.54) is 0 Å². The summed E-state index contributed by atoms with van der Waals surface area (Å²) in [6.07, 6.45) is 1.64. The maximum absolute atomic E-state index is 13.5. The van der Waals surface area contributed by atoms with Crippen molar-refractivity contribution in [2.24, 2.45) is 0 Å². The molecule has 0 spiro atoms. The molecule has 0 saturated carbocycles. The molecule has 3 aromatic rings. The molecule has 8 nitrogen and oxygen atoms in total. The first-order valence-corrected chi connectivity index (χ1v) is 9.54. The van der Waals surface area contributed by atoms with E-state index in [0.29, 0.717) is 41.8 Å². The highest BCUT2D eigenvalue weighted by molar-refractivity contribution is 6.28. The predicted octanol–water partition coefficient (Wildman–Crippen LogP) is 3.88. The van der Waals surface area contributed by atoms with Crippen molar-refractivity contribution in [2.75, 3.05) is 29.8 Å². The van der Waals surface area contributed by atoms with Gasteiger partial charge in [0.1, 0.15) is 17.3 Å².